The van der Waals surface area contributed by atoms with Gasteiger partial charge in [0.05, 0.1) is 11.4 Å². The topological polar surface area (TPSA) is 73.2 Å². The molecule has 35 heavy (non-hydrogen) atoms. The summed E-state index contributed by atoms with van der Waals surface area (Å²) in [6.45, 7) is 11.4. The van der Waals surface area contributed by atoms with E-state index in [2.05, 4.69) is 0 Å². The molecule has 0 aliphatic heterocycles. The van der Waals surface area contributed by atoms with E-state index in [4.69, 9.17) is 4.74 Å². The summed E-state index contributed by atoms with van der Waals surface area (Å²) in [6, 6.07) is 18.7. The van der Waals surface area contributed by atoms with Gasteiger partial charge in [0.15, 0.2) is 11.5 Å². The molecule has 0 amide bonds. The van der Waals surface area contributed by atoms with Gasteiger partial charge in [-0.2, -0.15) is 0 Å². The van der Waals surface area contributed by atoms with E-state index < -0.39 is 0 Å². The van der Waals surface area contributed by atoms with Gasteiger partial charge in [0.25, 0.3) is 0 Å². The highest BCUT2D eigenvalue weighted by molar-refractivity contribution is 5.82. The minimum Gasteiger partial charge on any atom is -0.508 e. The number of phenolic OH excluding ortho intramolecular Hbond substituents is 3. The monoisotopic (exact) mass is 469 g/mol. The molecule has 0 saturated heterocycles. The second-order valence-electron chi connectivity index (χ2n) is 9.16. The minimum absolute atomic E-state index is 0.117. The smallest absolute Gasteiger partial charge is 0.172 e. The lowest BCUT2D eigenvalue weighted by atomic mass is 10.0. The van der Waals surface area contributed by atoms with Gasteiger partial charge in [0, 0.05) is 23.9 Å². The number of ether oxygens (including phenoxy) is 1. The van der Waals surface area contributed by atoms with Crippen molar-refractivity contribution in [3.05, 3.63) is 94.0 Å². The molecule has 0 spiro atoms. The Morgan fingerprint density at radius 3 is 1.69 bits per heavy atom. The van der Waals surface area contributed by atoms with Crippen LogP contribution in [0.25, 0.3) is 0 Å². The van der Waals surface area contributed by atoms with Crippen LogP contribution >= 0.6 is 0 Å². The van der Waals surface area contributed by atoms with Crippen LogP contribution in [0.3, 0.4) is 0 Å². The summed E-state index contributed by atoms with van der Waals surface area (Å²) in [5.74, 6) is 1.47. The van der Waals surface area contributed by atoms with E-state index in [1.807, 2.05) is 95.0 Å². The molecule has 0 bridgehead atoms. The molecule has 4 aromatic carbocycles. The second-order valence-corrected chi connectivity index (χ2v) is 9.16. The highest BCUT2D eigenvalue weighted by atomic mass is 16.5. The van der Waals surface area contributed by atoms with Crippen LogP contribution in [0.15, 0.2) is 60.7 Å². The predicted octanol–water partition coefficient (Wildman–Crippen LogP) is 7.92. The van der Waals surface area contributed by atoms with E-state index in [-0.39, 0.29) is 17.2 Å². The lowest BCUT2D eigenvalue weighted by Gasteiger charge is -2.29. The number of anilines is 3. The van der Waals surface area contributed by atoms with E-state index >= 15 is 0 Å². The van der Waals surface area contributed by atoms with Crippen LogP contribution in [0, 0.1) is 41.5 Å². The van der Waals surface area contributed by atoms with Crippen molar-refractivity contribution in [3.63, 3.8) is 0 Å². The average Bonchev–Trinajstić information content (AvgIpc) is 2.81. The minimum atomic E-state index is 0.117. The first kappa shape index (κ1) is 24.0. The lowest BCUT2D eigenvalue weighted by Crippen LogP contribution is -2.13. The van der Waals surface area contributed by atoms with Gasteiger partial charge in [-0.15, -0.1) is 0 Å². The van der Waals surface area contributed by atoms with E-state index in [9.17, 15) is 15.3 Å². The van der Waals surface area contributed by atoms with Crippen molar-refractivity contribution in [3.8, 4) is 28.7 Å². The highest BCUT2D eigenvalue weighted by Crippen LogP contribution is 2.44. The summed E-state index contributed by atoms with van der Waals surface area (Å²) in [6.07, 6.45) is 0. The number of phenols is 3. The molecule has 0 aliphatic carbocycles. The summed E-state index contributed by atoms with van der Waals surface area (Å²) in [7, 11) is 0. The van der Waals surface area contributed by atoms with Crippen LogP contribution in [0.1, 0.15) is 33.4 Å². The fourth-order valence-electron chi connectivity index (χ4n) is 4.25. The second kappa shape index (κ2) is 9.26. The number of aromatic hydroxyl groups is 3. The average molecular weight is 470 g/mol. The molecule has 5 nitrogen and oxygen atoms in total. The SMILES string of the molecule is Cc1cc(C)c(N(c2cccc(Oc3c(C)ccc(C)c3O)c2)c2cc(O)c(C)cc2C)cc1O. The summed E-state index contributed by atoms with van der Waals surface area (Å²) in [4.78, 5) is 2.00. The van der Waals surface area contributed by atoms with Gasteiger partial charge in [-0.3, -0.25) is 0 Å². The molecule has 0 heterocycles. The van der Waals surface area contributed by atoms with Crippen LogP contribution in [-0.4, -0.2) is 15.3 Å². The largest absolute Gasteiger partial charge is 0.508 e. The van der Waals surface area contributed by atoms with Gasteiger partial charge in [0.2, 0.25) is 0 Å². The third-order valence-electron chi connectivity index (χ3n) is 6.34. The number of hydrogen-bond donors (Lipinski definition) is 3. The molecule has 0 aliphatic rings. The Bertz CT molecular complexity index is 1370. The Balaban J connectivity index is 1.90. The van der Waals surface area contributed by atoms with Crippen molar-refractivity contribution in [1.82, 2.24) is 0 Å². The Morgan fingerprint density at radius 1 is 0.571 bits per heavy atom. The quantitative estimate of drug-likeness (QED) is 0.277. The third-order valence-corrected chi connectivity index (χ3v) is 6.34. The molecule has 180 valence electrons. The molecule has 0 fully saturated rings. The molecule has 0 radical (unpaired) electrons. The Morgan fingerprint density at radius 2 is 1.11 bits per heavy atom. The molecule has 4 rings (SSSR count). The molecule has 5 heteroatoms. The van der Waals surface area contributed by atoms with Gasteiger partial charge in [-0.25, -0.2) is 0 Å². The van der Waals surface area contributed by atoms with Crippen molar-refractivity contribution in [2.24, 2.45) is 0 Å². The zero-order valence-corrected chi connectivity index (χ0v) is 21.0. The van der Waals surface area contributed by atoms with Gasteiger partial charge >= 0.3 is 0 Å². The number of nitrogens with zero attached hydrogens (tertiary/aromatic N) is 1. The van der Waals surface area contributed by atoms with E-state index in [1.165, 1.54) is 0 Å². The molecule has 4 aromatic rings. The molecule has 0 atom stereocenters. The van der Waals surface area contributed by atoms with E-state index in [0.29, 0.717) is 11.5 Å². The van der Waals surface area contributed by atoms with Crippen LogP contribution in [0.4, 0.5) is 17.1 Å². The van der Waals surface area contributed by atoms with Crippen LogP contribution in [0.2, 0.25) is 0 Å². The van der Waals surface area contributed by atoms with Crippen LogP contribution in [-0.2, 0) is 0 Å². The number of benzene rings is 4. The number of aryl methyl sites for hydroxylation is 6. The molecule has 0 aromatic heterocycles. The normalized spacial score (nSPS) is 10.9. The first-order valence-corrected chi connectivity index (χ1v) is 11.5. The van der Waals surface area contributed by atoms with Gasteiger partial charge in [-0.1, -0.05) is 30.3 Å². The molecular formula is C30H31NO4. The Labute approximate surface area is 206 Å². The fourth-order valence-corrected chi connectivity index (χ4v) is 4.25. The zero-order chi connectivity index (χ0) is 25.4. The van der Waals surface area contributed by atoms with Crippen molar-refractivity contribution >= 4 is 17.1 Å². The summed E-state index contributed by atoms with van der Waals surface area (Å²) >= 11 is 0. The first-order valence-electron chi connectivity index (χ1n) is 11.5. The lowest BCUT2D eigenvalue weighted by molar-refractivity contribution is 0.406. The predicted molar refractivity (Wildman–Crippen MR) is 141 cm³/mol. The first-order chi connectivity index (χ1) is 16.6. The van der Waals surface area contributed by atoms with Crippen molar-refractivity contribution in [2.75, 3.05) is 4.90 Å². The Hall–Kier alpha value is -4.12. The maximum Gasteiger partial charge on any atom is 0.172 e. The third kappa shape index (κ3) is 4.62. The van der Waals surface area contributed by atoms with Crippen LogP contribution < -0.4 is 9.64 Å². The maximum atomic E-state index is 10.6. The van der Waals surface area contributed by atoms with Crippen molar-refractivity contribution in [1.29, 1.82) is 0 Å². The number of rotatable bonds is 5. The van der Waals surface area contributed by atoms with Crippen LogP contribution in [0.5, 0.6) is 28.7 Å². The summed E-state index contributed by atoms with van der Waals surface area (Å²) < 4.78 is 6.15. The van der Waals surface area contributed by atoms with E-state index in [1.54, 1.807) is 12.1 Å². The van der Waals surface area contributed by atoms with Crippen molar-refractivity contribution < 1.29 is 20.1 Å². The standard InChI is InChI=1S/C30H31NO4/c1-17-10-11-18(2)30(29(17)34)35-24-9-7-8-23(14-24)31(25-15-27(32)21(5)12-19(25)3)26-16-28(33)22(6)13-20(26)4/h7-16,32-34H,1-6H3. The highest BCUT2D eigenvalue weighted by Gasteiger charge is 2.20. The molecule has 3 N–H and O–H groups in total. The van der Waals surface area contributed by atoms with Crippen molar-refractivity contribution in [2.45, 2.75) is 41.5 Å². The fraction of sp³-hybridized carbons (Fsp3) is 0.200. The molecule has 0 saturated carbocycles. The van der Waals surface area contributed by atoms with Gasteiger partial charge in [0.1, 0.15) is 17.2 Å². The summed E-state index contributed by atoms with van der Waals surface area (Å²) in [5.41, 5.74) is 7.43. The molecular weight excluding hydrogens is 438 g/mol. The Kier molecular flexibility index (Phi) is 6.35. The van der Waals surface area contributed by atoms with E-state index in [0.717, 1.165) is 50.4 Å². The number of hydrogen-bond acceptors (Lipinski definition) is 5. The van der Waals surface area contributed by atoms with Gasteiger partial charge in [-0.05, 0) is 87.1 Å². The maximum absolute atomic E-state index is 10.6. The van der Waals surface area contributed by atoms with Gasteiger partial charge < -0.3 is 25.0 Å². The summed E-state index contributed by atoms with van der Waals surface area (Å²) in [5, 5.41) is 31.7. The zero-order valence-electron chi connectivity index (χ0n) is 21.0. The molecule has 0 unspecified atom stereocenters.